The van der Waals surface area contributed by atoms with Crippen molar-refractivity contribution in [2.45, 2.75) is 25.9 Å². The van der Waals surface area contributed by atoms with E-state index in [-0.39, 0.29) is 5.91 Å². The van der Waals surface area contributed by atoms with E-state index in [9.17, 15) is 9.90 Å². The molecule has 1 aromatic heterocycles. The lowest BCUT2D eigenvalue weighted by Gasteiger charge is -2.19. The molecule has 3 rings (SSSR count). The molecule has 0 saturated carbocycles. The lowest BCUT2D eigenvalue weighted by molar-refractivity contribution is -0.116. The Morgan fingerprint density at radius 3 is 2.89 bits per heavy atom. The molecule has 0 aliphatic carbocycles. The number of carbonyl (C=O) groups is 1. The molecule has 1 aliphatic rings. The van der Waals surface area contributed by atoms with Crippen LogP contribution in [0.4, 0.5) is 5.69 Å². The average molecular weight is 257 g/mol. The second kappa shape index (κ2) is 4.55. The smallest absolute Gasteiger partial charge is 0.224 e. The molecule has 0 spiro atoms. The number of anilines is 1. The van der Waals surface area contributed by atoms with Crippen molar-refractivity contribution in [2.75, 3.05) is 5.32 Å². The molecule has 98 valence electrons. The first kappa shape index (κ1) is 12.0. The summed E-state index contributed by atoms with van der Waals surface area (Å²) in [5.41, 5.74) is 3.61. The highest BCUT2D eigenvalue weighted by atomic mass is 16.4. The molecule has 0 fully saturated rings. The first-order chi connectivity index (χ1) is 9.15. The third kappa shape index (κ3) is 2.15. The lowest BCUT2D eigenvalue weighted by Crippen LogP contribution is -2.19. The SMILES string of the molecule is Cc1ccoc1C(O)c1ccc2c(c1)CCC(=O)N2. The maximum Gasteiger partial charge on any atom is 0.224 e. The number of nitrogens with one attached hydrogen (secondary N) is 1. The van der Waals surface area contributed by atoms with Crippen LogP contribution in [0.25, 0.3) is 0 Å². The number of hydrogen-bond acceptors (Lipinski definition) is 3. The molecule has 2 N–H and O–H groups in total. The summed E-state index contributed by atoms with van der Waals surface area (Å²) in [7, 11) is 0. The van der Waals surface area contributed by atoms with Crippen LogP contribution in [-0.2, 0) is 11.2 Å². The summed E-state index contributed by atoms with van der Waals surface area (Å²) in [5.74, 6) is 0.613. The fourth-order valence-electron chi connectivity index (χ4n) is 2.39. The summed E-state index contributed by atoms with van der Waals surface area (Å²) in [6.07, 6.45) is 2.01. The van der Waals surface area contributed by atoms with Gasteiger partial charge in [0.1, 0.15) is 11.9 Å². The number of aliphatic hydroxyl groups is 1. The number of amides is 1. The largest absolute Gasteiger partial charge is 0.466 e. The van der Waals surface area contributed by atoms with Crippen molar-refractivity contribution in [3.05, 3.63) is 53.0 Å². The van der Waals surface area contributed by atoms with Crippen molar-refractivity contribution in [3.63, 3.8) is 0 Å². The summed E-state index contributed by atoms with van der Waals surface area (Å²) in [6, 6.07) is 7.42. The van der Waals surface area contributed by atoms with Crippen LogP contribution in [0.1, 0.15) is 35.0 Å². The first-order valence-corrected chi connectivity index (χ1v) is 6.30. The van der Waals surface area contributed by atoms with E-state index in [1.165, 1.54) is 0 Å². The Hall–Kier alpha value is -2.07. The van der Waals surface area contributed by atoms with Gasteiger partial charge in [0, 0.05) is 12.1 Å². The minimum absolute atomic E-state index is 0.0441. The van der Waals surface area contributed by atoms with Crippen LogP contribution in [0.2, 0.25) is 0 Å². The van der Waals surface area contributed by atoms with Gasteiger partial charge in [0.05, 0.1) is 6.26 Å². The van der Waals surface area contributed by atoms with E-state index in [1.54, 1.807) is 6.26 Å². The predicted molar refractivity (Wildman–Crippen MR) is 70.9 cm³/mol. The van der Waals surface area contributed by atoms with Gasteiger partial charge in [-0.15, -0.1) is 0 Å². The molecule has 2 aromatic rings. The van der Waals surface area contributed by atoms with Crippen LogP contribution in [0.15, 0.2) is 34.9 Å². The maximum atomic E-state index is 11.3. The Labute approximate surface area is 111 Å². The molecule has 4 nitrogen and oxygen atoms in total. The van der Waals surface area contributed by atoms with Gasteiger partial charge >= 0.3 is 0 Å². The van der Waals surface area contributed by atoms with Crippen LogP contribution in [0.5, 0.6) is 0 Å². The standard InChI is InChI=1S/C15H15NO3/c1-9-6-7-19-15(9)14(18)11-2-4-12-10(8-11)3-5-13(17)16-12/h2,4,6-8,14,18H,3,5H2,1H3,(H,16,17). The van der Waals surface area contributed by atoms with Crippen LogP contribution in [0.3, 0.4) is 0 Å². The molecule has 2 heterocycles. The number of aryl methyl sites for hydroxylation is 2. The topological polar surface area (TPSA) is 62.5 Å². The van der Waals surface area contributed by atoms with Gasteiger partial charge < -0.3 is 14.8 Å². The Morgan fingerprint density at radius 2 is 2.16 bits per heavy atom. The monoisotopic (exact) mass is 257 g/mol. The normalized spacial score (nSPS) is 15.8. The molecule has 1 aliphatic heterocycles. The van der Waals surface area contributed by atoms with E-state index in [0.717, 1.165) is 22.4 Å². The van der Waals surface area contributed by atoms with Crippen molar-refractivity contribution >= 4 is 11.6 Å². The van der Waals surface area contributed by atoms with E-state index in [4.69, 9.17) is 4.42 Å². The number of rotatable bonds is 2. The summed E-state index contributed by atoms with van der Waals surface area (Å²) < 4.78 is 5.32. The molecule has 1 atom stereocenters. The molecular weight excluding hydrogens is 242 g/mol. The van der Waals surface area contributed by atoms with Gasteiger partial charge in [-0.1, -0.05) is 12.1 Å². The highest BCUT2D eigenvalue weighted by Gasteiger charge is 2.20. The number of furan rings is 1. The highest BCUT2D eigenvalue weighted by molar-refractivity contribution is 5.93. The molecule has 0 saturated heterocycles. The van der Waals surface area contributed by atoms with Gasteiger partial charge in [-0.05, 0) is 42.2 Å². The molecule has 0 bridgehead atoms. The Bertz CT molecular complexity index is 630. The molecule has 1 amide bonds. The van der Waals surface area contributed by atoms with Crippen LogP contribution >= 0.6 is 0 Å². The zero-order valence-electron chi connectivity index (χ0n) is 10.6. The van der Waals surface area contributed by atoms with E-state index in [2.05, 4.69) is 5.32 Å². The molecular formula is C15H15NO3. The van der Waals surface area contributed by atoms with Gasteiger partial charge in [-0.2, -0.15) is 0 Å². The maximum absolute atomic E-state index is 11.3. The van der Waals surface area contributed by atoms with E-state index < -0.39 is 6.10 Å². The summed E-state index contributed by atoms with van der Waals surface area (Å²) in [4.78, 5) is 11.3. The van der Waals surface area contributed by atoms with E-state index >= 15 is 0 Å². The third-order valence-corrected chi connectivity index (χ3v) is 3.49. The minimum Gasteiger partial charge on any atom is -0.466 e. The number of benzene rings is 1. The number of hydrogen-bond donors (Lipinski definition) is 2. The van der Waals surface area contributed by atoms with Gasteiger partial charge in [-0.3, -0.25) is 4.79 Å². The number of fused-ring (bicyclic) bond motifs is 1. The van der Waals surface area contributed by atoms with E-state index in [1.807, 2.05) is 31.2 Å². The quantitative estimate of drug-likeness (QED) is 0.869. The fraction of sp³-hybridized carbons (Fsp3) is 0.267. The van der Waals surface area contributed by atoms with Crippen LogP contribution in [0, 0.1) is 6.92 Å². The summed E-state index contributed by atoms with van der Waals surface area (Å²) >= 11 is 0. The highest BCUT2D eigenvalue weighted by Crippen LogP contribution is 2.30. The van der Waals surface area contributed by atoms with Gasteiger partial charge in [0.25, 0.3) is 0 Å². The zero-order valence-corrected chi connectivity index (χ0v) is 10.6. The fourth-order valence-corrected chi connectivity index (χ4v) is 2.39. The van der Waals surface area contributed by atoms with Crippen molar-refractivity contribution in [1.82, 2.24) is 0 Å². The van der Waals surface area contributed by atoms with Gasteiger partial charge in [0.15, 0.2) is 0 Å². The van der Waals surface area contributed by atoms with Crippen LogP contribution < -0.4 is 5.32 Å². The Morgan fingerprint density at radius 1 is 1.32 bits per heavy atom. The van der Waals surface area contributed by atoms with Crippen molar-refractivity contribution in [2.24, 2.45) is 0 Å². The van der Waals surface area contributed by atoms with Gasteiger partial charge in [0.2, 0.25) is 5.91 Å². The second-order valence-electron chi connectivity index (χ2n) is 4.84. The third-order valence-electron chi connectivity index (χ3n) is 3.49. The lowest BCUT2D eigenvalue weighted by atomic mass is 9.97. The molecule has 19 heavy (non-hydrogen) atoms. The second-order valence-corrected chi connectivity index (χ2v) is 4.84. The molecule has 1 aromatic carbocycles. The minimum atomic E-state index is -0.766. The molecule has 0 radical (unpaired) electrons. The number of carbonyl (C=O) groups excluding carboxylic acids is 1. The Balaban J connectivity index is 1.94. The molecule has 1 unspecified atom stereocenters. The van der Waals surface area contributed by atoms with Crippen LogP contribution in [-0.4, -0.2) is 11.0 Å². The van der Waals surface area contributed by atoms with Gasteiger partial charge in [-0.25, -0.2) is 0 Å². The van der Waals surface area contributed by atoms with Crippen molar-refractivity contribution in [3.8, 4) is 0 Å². The van der Waals surface area contributed by atoms with Crippen molar-refractivity contribution < 1.29 is 14.3 Å². The van der Waals surface area contributed by atoms with Crippen molar-refractivity contribution in [1.29, 1.82) is 0 Å². The summed E-state index contributed by atoms with van der Waals surface area (Å²) in [6.45, 7) is 1.90. The first-order valence-electron chi connectivity index (χ1n) is 6.30. The predicted octanol–water partition coefficient (Wildman–Crippen LogP) is 2.55. The zero-order chi connectivity index (χ0) is 13.4. The Kier molecular flexibility index (Phi) is 2.87. The van der Waals surface area contributed by atoms with E-state index in [0.29, 0.717) is 18.6 Å². The number of aliphatic hydroxyl groups excluding tert-OH is 1. The molecule has 4 heteroatoms. The summed E-state index contributed by atoms with van der Waals surface area (Å²) in [5, 5.41) is 13.2. The average Bonchev–Trinajstić information content (AvgIpc) is 2.83.